The molecule has 4 rings (SSSR count). The number of benzene rings is 1. The maximum absolute atomic E-state index is 5.67. The van der Waals surface area contributed by atoms with Crippen LogP contribution in [0.1, 0.15) is 18.5 Å². The Morgan fingerprint density at radius 3 is 2.58 bits per heavy atom. The number of fused-ring (bicyclic) bond motifs is 1. The standard InChI is InChI=1S/C15H19N5O2S.H2S/c1-10(11-2-3-12-13(8-11)22-9-21-12)19-4-6-20(7-5-19)15-18-17-14(16)23-15;/h2-3,8,10H,4-7,9H2,1H3,(H2,16,17);1H2/t10-;/m0./s1. The fourth-order valence-electron chi connectivity index (χ4n) is 3.04. The van der Waals surface area contributed by atoms with E-state index in [4.69, 9.17) is 15.2 Å². The molecule has 9 heteroatoms. The number of aromatic nitrogens is 2. The monoisotopic (exact) mass is 367 g/mol. The number of hydrogen-bond donors (Lipinski definition) is 1. The van der Waals surface area contributed by atoms with Gasteiger partial charge in [-0.3, -0.25) is 4.90 Å². The van der Waals surface area contributed by atoms with Crippen molar-refractivity contribution in [2.24, 2.45) is 0 Å². The zero-order valence-corrected chi connectivity index (χ0v) is 15.3. The number of nitrogens with two attached hydrogens (primary N) is 1. The molecule has 7 nitrogen and oxygen atoms in total. The Morgan fingerprint density at radius 1 is 1.12 bits per heavy atom. The van der Waals surface area contributed by atoms with Crippen molar-refractivity contribution >= 4 is 35.1 Å². The maximum atomic E-state index is 5.67. The summed E-state index contributed by atoms with van der Waals surface area (Å²) < 4.78 is 10.9. The Kier molecular flexibility index (Phi) is 5.02. The van der Waals surface area contributed by atoms with E-state index in [0.717, 1.165) is 42.8 Å². The number of ether oxygens (including phenoxy) is 2. The summed E-state index contributed by atoms with van der Waals surface area (Å²) in [5.74, 6) is 1.68. The van der Waals surface area contributed by atoms with Gasteiger partial charge in [0, 0.05) is 32.2 Å². The topological polar surface area (TPSA) is 76.7 Å². The molecule has 0 radical (unpaired) electrons. The molecule has 24 heavy (non-hydrogen) atoms. The van der Waals surface area contributed by atoms with Crippen molar-refractivity contribution in [3.8, 4) is 11.5 Å². The van der Waals surface area contributed by atoms with E-state index < -0.39 is 0 Å². The molecule has 2 N–H and O–H groups in total. The molecule has 0 spiro atoms. The van der Waals surface area contributed by atoms with Gasteiger partial charge in [-0.15, -0.1) is 10.2 Å². The van der Waals surface area contributed by atoms with Gasteiger partial charge in [0.2, 0.25) is 17.1 Å². The van der Waals surface area contributed by atoms with Crippen molar-refractivity contribution in [1.82, 2.24) is 15.1 Å². The Hall–Kier alpha value is -1.71. The van der Waals surface area contributed by atoms with E-state index in [0.29, 0.717) is 18.0 Å². The van der Waals surface area contributed by atoms with Crippen LogP contribution in [0, 0.1) is 0 Å². The molecule has 1 fully saturated rings. The van der Waals surface area contributed by atoms with Gasteiger partial charge < -0.3 is 20.1 Å². The van der Waals surface area contributed by atoms with Crippen LogP contribution >= 0.6 is 24.8 Å². The molecule has 0 saturated carbocycles. The zero-order chi connectivity index (χ0) is 15.8. The van der Waals surface area contributed by atoms with E-state index in [1.165, 1.54) is 16.9 Å². The van der Waals surface area contributed by atoms with Crippen molar-refractivity contribution < 1.29 is 9.47 Å². The van der Waals surface area contributed by atoms with Crippen LogP contribution in [-0.4, -0.2) is 48.1 Å². The normalized spacial score (nSPS) is 18.3. The van der Waals surface area contributed by atoms with Crippen LogP contribution in [0.3, 0.4) is 0 Å². The SMILES string of the molecule is C[C@@H](c1ccc2c(c1)OCO2)N1CCN(c2nnc(N)s2)CC1.S. The molecule has 2 aliphatic rings. The van der Waals surface area contributed by atoms with Crippen molar-refractivity contribution in [3.05, 3.63) is 23.8 Å². The van der Waals surface area contributed by atoms with E-state index in [2.05, 4.69) is 39.1 Å². The summed E-state index contributed by atoms with van der Waals surface area (Å²) in [5.41, 5.74) is 6.92. The minimum atomic E-state index is 0. The van der Waals surface area contributed by atoms with E-state index in [9.17, 15) is 0 Å². The predicted molar refractivity (Wildman–Crippen MR) is 99.5 cm³/mol. The summed E-state index contributed by atoms with van der Waals surface area (Å²) in [4.78, 5) is 4.72. The molecule has 1 aromatic heterocycles. The van der Waals surface area contributed by atoms with Crippen molar-refractivity contribution in [2.45, 2.75) is 13.0 Å². The Balaban J connectivity index is 0.00000169. The summed E-state index contributed by atoms with van der Waals surface area (Å²) in [5, 5.41) is 9.46. The quantitative estimate of drug-likeness (QED) is 0.887. The highest BCUT2D eigenvalue weighted by Crippen LogP contribution is 2.35. The molecule has 2 aliphatic heterocycles. The van der Waals surface area contributed by atoms with Crippen LogP contribution in [0.15, 0.2) is 18.2 Å². The molecule has 0 aliphatic carbocycles. The number of nitrogens with zero attached hydrogens (tertiary/aromatic N) is 4. The highest BCUT2D eigenvalue weighted by atomic mass is 32.1. The smallest absolute Gasteiger partial charge is 0.231 e. The summed E-state index contributed by atoms with van der Waals surface area (Å²) in [6.45, 7) is 6.38. The lowest BCUT2D eigenvalue weighted by atomic mass is 10.1. The highest BCUT2D eigenvalue weighted by molar-refractivity contribution is 7.59. The molecule has 1 saturated heterocycles. The fraction of sp³-hybridized carbons (Fsp3) is 0.467. The van der Waals surface area contributed by atoms with Crippen LogP contribution in [0.25, 0.3) is 0 Å². The van der Waals surface area contributed by atoms with Gasteiger partial charge in [-0.05, 0) is 24.6 Å². The first-order chi connectivity index (χ1) is 11.2. The van der Waals surface area contributed by atoms with Crippen LogP contribution in [0.5, 0.6) is 11.5 Å². The lowest BCUT2D eigenvalue weighted by molar-refractivity contribution is 0.173. The van der Waals surface area contributed by atoms with Gasteiger partial charge >= 0.3 is 0 Å². The summed E-state index contributed by atoms with van der Waals surface area (Å²) in [6, 6.07) is 6.54. The van der Waals surface area contributed by atoms with E-state index in [1.807, 2.05) is 6.07 Å². The minimum Gasteiger partial charge on any atom is -0.454 e. The Morgan fingerprint density at radius 2 is 1.88 bits per heavy atom. The van der Waals surface area contributed by atoms with E-state index in [1.54, 1.807) is 0 Å². The number of nitrogen functional groups attached to an aromatic ring is 1. The van der Waals surface area contributed by atoms with Crippen LogP contribution in [0.4, 0.5) is 10.3 Å². The van der Waals surface area contributed by atoms with Crippen molar-refractivity contribution in [1.29, 1.82) is 0 Å². The Labute approximate surface area is 151 Å². The molecule has 130 valence electrons. The summed E-state index contributed by atoms with van der Waals surface area (Å²) >= 11 is 1.45. The van der Waals surface area contributed by atoms with Crippen LogP contribution in [-0.2, 0) is 0 Å². The second-order valence-corrected chi connectivity index (χ2v) is 6.72. The van der Waals surface area contributed by atoms with Gasteiger partial charge in [-0.25, -0.2) is 0 Å². The first-order valence-corrected chi connectivity index (χ1v) is 8.50. The number of anilines is 2. The molecule has 1 aromatic carbocycles. The van der Waals surface area contributed by atoms with E-state index in [-0.39, 0.29) is 13.5 Å². The molecule has 1 atom stereocenters. The third-order valence-corrected chi connectivity index (χ3v) is 5.25. The third-order valence-electron chi connectivity index (χ3n) is 4.44. The maximum Gasteiger partial charge on any atom is 0.231 e. The molecule has 2 aromatic rings. The summed E-state index contributed by atoms with van der Waals surface area (Å²) in [6.07, 6.45) is 0. The minimum absolute atomic E-state index is 0. The number of piperazine rings is 1. The van der Waals surface area contributed by atoms with Gasteiger partial charge in [0.1, 0.15) is 0 Å². The Bertz CT molecular complexity index is 703. The largest absolute Gasteiger partial charge is 0.454 e. The molecular formula is C15H21N5O2S2. The zero-order valence-electron chi connectivity index (χ0n) is 13.4. The summed E-state index contributed by atoms with van der Waals surface area (Å²) in [7, 11) is 0. The lowest BCUT2D eigenvalue weighted by Crippen LogP contribution is -2.47. The number of rotatable bonds is 3. The van der Waals surface area contributed by atoms with Gasteiger partial charge in [-0.1, -0.05) is 17.4 Å². The van der Waals surface area contributed by atoms with Gasteiger partial charge in [0.05, 0.1) is 0 Å². The average molecular weight is 368 g/mol. The third kappa shape index (κ3) is 3.24. The second kappa shape index (κ2) is 7.04. The molecule has 3 heterocycles. The number of hydrogen-bond acceptors (Lipinski definition) is 8. The molecule has 0 bridgehead atoms. The van der Waals surface area contributed by atoms with Crippen LogP contribution in [0.2, 0.25) is 0 Å². The van der Waals surface area contributed by atoms with Gasteiger partial charge in [0.25, 0.3) is 0 Å². The first kappa shape index (κ1) is 17.1. The lowest BCUT2D eigenvalue weighted by Gasteiger charge is -2.38. The predicted octanol–water partition coefficient (Wildman–Crippen LogP) is 1.84. The molecule has 0 unspecified atom stereocenters. The van der Waals surface area contributed by atoms with Crippen molar-refractivity contribution in [2.75, 3.05) is 43.6 Å². The first-order valence-electron chi connectivity index (χ1n) is 7.68. The van der Waals surface area contributed by atoms with Crippen molar-refractivity contribution in [3.63, 3.8) is 0 Å². The molecular weight excluding hydrogens is 346 g/mol. The fourth-order valence-corrected chi connectivity index (χ4v) is 3.70. The van der Waals surface area contributed by atoms with E-state index >= 15 is 0 Å². The average Bonchev–Trinajstić information content (AvgIpc) is 3.22. The highest BCUT2D eigenvalue weighted by Gasteiger charge is 2.25. The van der Waals surface area contributed by atoms with Gasteiger partial charge in [-0.2, -0.15) is 13.5 Å². The van der Waals surface area contributed by atoms with Crippen LogP contribution < -0.4 is 20.1 Å². The second-order valence-electron chi connectivity index (χ2n) is 5.73. The van der Waals surface area contributed by atoms with Gasteiger partial charge in [0.15, 0.2) is 11.5 Å². The molecule has 0 amide bonds.